The number of nitrogens with zero attached hydrogens (tertiary/aromatic N) is 3. The van der Waals surface area contributed by atoms with E-state index in [0.717, 1.165) is 5.69 Å². The van der Waals surface area contributed by atoms with Gasteiger partial charge in [0.2, 0.25) is 0 Å². The highest BCUT2D eigenvalue weighted by Crippen LogP contribution is 2.20. The molecule has 0 bridgehead atoms. The standard InChI is InChI=1S/C13H19N3O3/c1-8(2)11-6-10(14-15(11)3)12(17)16-5-4-9(7-16)13(18)19/h6,8-9H,4-5,7H2,1-3H3,(H,18,19). The molecule has 1 unspecified atom stereocenters. The number of carboxylic acids is 1. The molecule has 1 aliphatic heterocycles. The number of hydrogen-bond acceptors (Lipinski definition) is 3. The van der Waals surface area contributed by atoms with Crippen molar-refractivity contribution in [2.45, 2.75) is 26.2 Å². The van der Waals surface area contributed by atoms with Crippen molar-refractivity contribution in [3.63, 3.8) is 0 Å². The first-order valence-electron chi connectivity index (χ1n) is 6.46. The molecule has 6 nitrogen and oxygen atoms in total. The molecule has 1 saturated heterocycles. The fourth-order valence-corrected chi connectivity index (χ4v) is 2.43. The molecule has 0 saturated carbocycles. The van der Waals surface area contributed by atoms with E-state index in [2.05, 4.69) is 5.10 Å². The van der Waals surface area contributed by atoms with Crippen LogP contribution in [0, 0.1) is 5.92 Å². The smallest absolute Gasteiger partial charge is 0.308 e. The number of aliphatic carboxylic acids is 1. The summed E-state index contributed by atoms with van der Waals surface area (Å²) in [6.07, 6.45) is 0.519. The zero-order valence-electron chi connectivity index (χ0n) is 11.5. The topological polar surface area (TPSA) is 75.4 Å². The van der Waals surface area contributed by atoms with Gasteiger partial charge >= 0.3 is 5.97 Å². The Kier molecular flexibility index (Phi) is 3.59. The molecule has 1 aromatic rings. The Morgan fingerprint density at radius 2 is 2.16 bits per heavy atom. The highest BCUT2D eigenvalue weighted by molar-refractivity contribution is 5.93. The highest BCUT2D eigenvalue weighted by Gasteiger charge is 2.32. The van der Waals surface area contributed by atoms with Crippen LogP contribution in [0.25, 0.3) is 0 Å². The van der Waals surface area contributed by atoms with Gasteiger partial charge in [0.15, 0.2) is 5.69 Å². The van der Waals surface area contributed by atoms with Crippen LogP contribution in [0.15, 0.2) is 6.07 Å². The zero-order chi connectivity index (χ0) is 14.2. The van der Waals surface area contributed by atoms with Gasteiger partial charge in [-0.15, -0.1) is 0 Å². The van der Waals surface area contributed by atoms with E-state index in [0.29, 0.717) is 24.6 Å². The molecule has 1 aliphatic rings. The molecule has 6 heteroatoms. The number of carboxylic acid groups (broad SMARTS) is 1. The SMILES string of the molecule is CC(C)c1cc(C(=O)N2CCC(C(=O)O)C2)nn1C. The van der Waals surface area contributed by atoms with Crippen LogP contribution in [-0.4, -0.2) is 44.8 Å². The number of amides is 1. The van der Waals surface area contributed by atoms with Gasteiger partial charge in [0.05, 0.1) is 5.92 Å². The third-order valence-corrected chi connectivity index (χ3v) is 3.55. The van der Waals surface area contributed by atoms with Crippen molar-refractivity contribution in [3.8, 4) is 0 Å². The Hall–Kier alpha value is -1.85. The maximum atomic E-state index is 12.3. The molecule has 2 heterocycles. The molecule has 104 valence electrons. The van der Waals surface area contributed by atoms with Gasteiger partial charge in [0, 0.05) is 25.8 Å². The first-order valence-corrected chi connectivity index (χ1v) is 6.46. The maximum absolute atomic E-state index is 12.3. The van der Waals surface area contributed by atoms with E-state index in [4.69, 9.17) is 5.11 Å². The molecule has 0 aromatic carbocycles. The molecule has 19 heavy (non-hydrogen) atoms. The van der Waals surface area contributed by atoms with Crippen LogP contribution in [0.4, 0.5) is 0 Å². The van der Waals surface area contributed by atoms with E-state index in [1.807, 2.05) is 20.9 Å². The van der Waals surface area contributed by atoms with Crippen LogP contribution in [0.1, 0.15) is 42.4 Å². The van der Waals surface area contributed by atoms with Gasteiger partial charge in [0.1, 0.15) is 0 Å². The second kappa shape index (κ2) is 5.03. The Balaban J connectivity index is 2.13. The molecule has 0 aliphatic carbocycles. The van der Waals surface area contributed by atoms with E-state index < -0.39 is 11.9 Å². The van der Waals surface area contributed by atoms with Crippen molar-refractivity contribution in [3.05, 3.63) is 17.5 Å². The molecule has 1 N–H and O–H groups in total. The van der Waals surface area contributed by atoms with Crippen molar-refractivity contribution in [2.24, 2.45) is 13.0 Å². The van der Waals surface area contributed by atoms with Gasteiger partial charge in [-0.3, -0.25) is 14.3 Å². The number of hydrogen-bond donors (Lipinski definition) is 1. The lowest BCUT2D eigenvalue weighted by molar-refractivity contribution is -0.141. The molecule has 2 rings (SSSR count). The highest BCUT2D eigenvalue weighted by atomic mass is 16.4. The summed E-state index contributed by atoms with van der Waals surface area (Å²) in [4.78, 5) is 24.7. The predicted molar refractivity (Wildman–Crippen MR) is 68.9 cm³/mol. The largest absolute Gasteiger partial charge is 0.481 e. The minimum Gasteiger partial charge on any atom is -0.481 e. The summed E-state index contributed by atoms with van der Waals surface area (Å²) in [5, 5.41) is 13.2. The summed E-state index contributed by atoms with van der Waals surface area (Å²) in [6, 6.07) is 1.79. The number of carbonyl (C=O) groups excluding carboxylic acids is 1. The van der Waals surface area contributed by atoms with Gasteiger partial charge in [-0.2, -0.15) is 5.10 Å². The normalized spacial score (nSPS) is 19.2. The lowest BCUT2D eigenvalue weighted by Crippen LogP contribution is -2.30. The van der Waals surface area contributed by atoms with Crippen molar-refractivity contribution >= 4 is 11.9 Å². The van der Waals surface area contributed by atoms with Gasteiger partial charge in [-0.05, 0) is 18.4 Å². The lowest BCUT2D eigenvalue weighted by atomic mass is 10.1. The minimum absolute atomic E-state index is 0.175. The van der Waals surface area contributed by atoms with Crippen LogP contribution in [0.3, 0.4) is 0 Å². The number of aryl methyl sites for hydroxylation is 1. The molecule has 1 aromatic heterocycles. The zero-order valence-corrected chi connectivity index (χ0v) is 11.5. The lowest BCUT2D eigenvalue weighted by Gasteiger charge is -2.13. The first kappa shape index (κ1) is 13.6. The van der Waals surface area contributed by atoms with E-state index in [-0.39, 0.29) is 12.5 Å². The number of likely N-dealkylation sites (tertiary alicyclic amines) is 1. The third-order valence-electron chi connectivity index (χ3n) is 3.55. The minimum atomic E-state index is -0.834. The van der Waals surface area contributed by atoms with Crippen molar-refractivity contribution < 1.29 is 14.7 Å². The first-order chi connectivity index (χ1) is 8.90. The second-order valence-corrected chi connectivity index (χ2v) is 5.31. The molecule has 1 atom stereocenters. The van der Waals surface area contributed by atoms with Gasteiger partial charge in [-0.1, -0.05) is 13.8 Å². The summed E-state index contributed by atoms with van der Waals surface area (Å²) in [5.74, 6) is -1.16. The van der Waals surface area contributed by atoms with Crippen LogP contribution in [0.2, 0.25) is 0 Å². The van der Waals surface area contributed by atoms with Crippen LogP contribution in [-0.2, 0) is 11.8 Å². The molecule has 1 fully saturated rings. The molecular weight excluding hydrogens is 246 g/mol. The van der Waals surface area contributed by atoms with E-state index in [9.17, 15) is 9.59 Å². The summed E-state index contributed by atoms with van der Waals surface area (Å²) in [6.45, 7) is 4.86. The number of rotatable bonds is 3. The molecular formula is C13H19N3O3. The third kappa shape index (κ3) is 2.62. The average molecular weight is 265 g/mol. The van der Waals surface area contributed by atoms with Crippen molar-refractivity contribution in [1.82, 2.24) is 14.7 Å². The van der Waals surface area contributed by atoms with Crippen LogP contribution >= 0.6 is 0 Å². The molecule has 0 radical (unpaired) electrons. The number of aromatic nitrogens is 2. The van der Waals surface area contributed by atoms with Crippen LogP contribution < -0.4 is 0 Å². The monoisotopic (exact) mass is 265 g/mol. The predicted octanol–water partition coefficient (Wildman–Crippen LogP) is 1.09. The van der Waals surface area contributed by atoms with E-state index in [1.54, 1.807) is 15.6 Å². The summed E-state index contributed by atoms with van der Waals surface area (Å²) < 4.78 is 1.71. The van der Waals surface area contributed by atoms with Gasteiger partial charge in [-0.25, -0.2) is 0 Å². The van der Waals surface area contributed by atoms with E-state index >= 15 is 0 Å². The number of carbonyl (C=O) groups is 2. The fourth-order valence-electron chi connectivity index (χ4n) is 2.43. The average Bonchev–Trinajstić information content (AvgIpc) is 2.94. The molecule has 1 amide bonds. The quantitative estimate of drug-likeness (QED) is 0.887. The summed E-state index contributed by atoms with van der Waals surface area (Å²) >= 11 is 0. The van der Waals surface area contributed by atoms with Crippen molar-refractivity contribution in [2.75, 3.05) is 13.1 Å². The van der Waals surface area contributed by atoms with E-state index in [1.165, 1.54) is 0 Å². The van der Waals surface area contributed by atoms with Gasteiger partial charge < -0.3 is 10.0 Å². The van der Waals surface area contributed by atoms with Crippen molar-refractivity contribution in [1.29, 1.82) is 0 Å². The Bertz CT molecular complexity index is 507. The molecule has 0 spiro atoms. The van der Waals surface area contributed by atoms with Gasteiger partial charge in [0.25, 0.3) is 5.91 Å². The summed E-state index contributed by atoms with van der Waals surface area (Å²) in [5.41, 5.74) is 1.40. The Labute approximate surface area is 112 Å². The second-order valence-electron chi connectivity index (χ2n) is 5.31. The maximum Gasteiger partial charge on any atom is 0.308 e. The Morgan fingerprint density at radius 3 is 2.63 bits per heavy atom. The van der Waals surface area contributed by atoms with Crippen LogP contribution in [0.5, 0.6) is 0 Å². The summed E-state index contributed by atoms with van der Waals surface area (Å²) in [7, 11) is 1.82. The Morgan fingerprint density at radius 1 is 1.47 bits per heavy atom. The fraction of sp³-hybridized carbons (Fsp3) is 0.615.